The van der Waals surface area contributed by atoms with Gasteiger partial charge in [0.25, 0.3) is 0 Å². The first-order valence-electron chi connectivity index (χ1n) is 9.15. The first-order chi connectivity index (χ1) is 12.0. The van der Waals surface area contributed by atoms with Crippen LogP contribution in [0, 0.1) is 6.92 Å². The zero-order chi connectivity index (χ0) is 17.8. The number of hydrogen-bond acceptors (Lipinski definition) is 4. The molecule has 0 radical (unpaired) electrons. The van der Waals surface area contributed by atoms with Crippen LogP contribution in [0.3, 0.4) is 0 Å². The van der Waals surface area contributed by atoms with E-state index in [9.17, 15) is 4.79 Å². The van der Waals surface area contributed by atoms with Crippen molar-refractivity contribution in [3.8, 4) is 0 Å². The molecule has 0 aliphatic carbocycles. The average molecular weight is 343 g/mol. The Morgan fingerprint density at radius 3 is 2.84 bits per heavy atom. The third-order valence-corrected chi connectivity index (χ3v) is 5.08. The summed E-state index contributed by atoms with van der Waals surface area (Å²) in [6, 6.07) is 4.55. The Balaban J connectivity index is 1.42. The molecule has 1 aliphatic heterocycles. The number of likely N-dealkylation sites (N-methyl/N-ethyl adjacent to an activating group) is 1. The summed E-state index contributed by atoms with van der Waals surface area (Å²) in [5, 5.41) is 3.00. The molecule has 6 nitrogen and oxygen atoms in total. The highest BCUT2D eigenvalue weighted by Gasteiger charge is 2.19. The highest BCUT2D eigenvalue weighted by atomic mass is 16.1. The number of carbonyl (C=O) groups excluding carboxylic acids is 1. The molecule has 1 N–H and O–H groups in total. The average Bonchev–Trinajstić information content (AvgIpc) is 3.00. The molecule has 0 bridgehead atoms. The summed E-state index contributed by atoms with van der Waals surface area (Å²) in [5.74, 6) is 0.106. The monoisotopic (exact) mass is 343 g/mol. The predicted octanol–water partition coefficient (Wildman–Crippen LogP) is 1.68. The maximum Gasteiger partial charge on any atom is 0.220 e. The van der Waals surface area contributed by atoms with Crippen molar-refractivity contribution in [1.82, 2.24) is 24.5 Å². The van der Waals surface area contributed by atoms with Gasteiger partial charge in [-0.05, 0) is 45.0 Å². The molecule has 1 saturated heterocycles. The first kappa shape index (κ1) is 17.9. The molecule has 0 unspecified atom stereocenters. The molecule has 2 aromatic heterocycles. The van der Waals surface area contributed by atoms with Gasteiger partial charge in [-0.3, -0.25) is 9.69 Å². The van der Waals surface area contributed by atoms with E-state index in [0.717, 1.165) is 43.9 Å². The van der Waals surface area contributed by atoms with Crippen LogP contribution in [0.25, 0.3) is 5.65 Å². The van der Waals surface area contributed by atoms with Crippen molar-refractivity contribution in [3.05, 3.63) is 35.8 Å². The number of amides is 1. The largest absolute Gasteiger partial charge is 0.350 e. The number of hydrogen-bond donors (Lipinski definition) is 1. The van der Waals surface area contributed by atoms with Gasteiger partial charge in [0.15, 0.2) is 0 Å². The molecule has 6 heteroatoms. The van der Waals surface area contributed by atoms with Crippen molar-refractivity contribution in [2.75, 3.05) is 33.2 Å². The number of fused-ring (bicyclic) bond motifs is 1. The molecule has 1 amide bonds. The Morgan fingerprint density at radius 1 is 1.32 bits per heavy atom. The maximum absolute atomic E-state index is 12.2. The van der Waals surface area contributed by atoms with E-state index in [1.54, 1.807) is 0 Å². The molecule has 3 heterocycles. The van der Waals surface area contributed by atoms with Gasteiger partial charge < -0.3 is 14.6 Å². The number of carbonyl (C=O) groups is 1. The summed E-state index contributed by atoms with van der Waals surface area (Å²) >= 11 is 0. The van der Waals surface area contributed by atoms with Crippen molar-refractivity contribution in [2.24, 2.45) is 0 Å². The normalized spacial score (nSPS) is 17.7. The fourth-order valence-electron chi connectivity index (χ4n) is 3.28. The van der Waals surface area contributed by atoms with E-state index < -0.39 is 0 Å². The van der Waals surface area contributed by atoms with Crippen LogP contribution in [0.5, 0.6) is 0 Å². The van der Waals surface area contributed by atoms with E-state index in [1.165, 1.54) is 5.56 Å². The van der Waals surface area contributed by atoms with Crippen molar-refractivity contribution in [3.63, 3.8) is 0 Å². The van der Waals surface area contributed by atoms with E-state index in [2.05, 4.69) is 47.1 Å². The van der Waals surface area contributed by atoms with Gasteiger partial charge in [0.05, 0.1) is 12.2 Å². The Morgan fingerprint density at radius 2 is 2.08 bits per heavy atom. The fraction of sp³-hybridized carbons (Fsp3) is 0.579. The molecule has 1 fully saturated rings. The number of piperazine rings is 1. The number of nitrogens with zero attached hydrogens (tertiary/aromatic N) is 4. The lowest BCUT2D eigenvalue weighted by Crippen LogP contribution is -2.48. The number of nitrogens with one attached hydrogen (secondary N) is 1. The van der Waals surface area contributed by atoms with E-state index in [4.69, 9.17) is 0 Å². The van der Waals surface area contributed by atoms with Crippen LogP contribution in [0.15, 0.2) is 24.5 Å². The van der Waals surface area contributed by atoms with Gasteiger partial charge >= 0.3 is 0 Å². The van der Waals surface area contributed by atoms with E-state index in [0.29, 0.717) is 19.0 Å². The molecule has 3 rings (SSSR count). The van der Waals surface area contributed by atoms with Gasteiger partial charge in [0, 0.05) is 51.0 Å². The Hall–Kier alpha value is -1.92. The van der Waals surface area contributed by atoms with Crippen LogP contribution in [0.4, 0.5) is 0 Å². The minimum atomic E-state index is 0.106. The number of pyridine rings is 1. The molecule has 0 aromatic carbocycles. The molecule has 0 saturated carbocycles. The number of imidazole rings is 1. The van der Waals surface area contributed by atoms with Crippen LogP contribution in [0.1, 0.15) is 31.0 Å². The molecule has 25 heavy (non-hydrogen) atoms. The van der Waals surface area contributed by atoms with Gasteiger partial charge in [-0.1, -0.05) is 0 Å². The van der Waals surface area contributed by atoms with Crippen molar-refractivity contribution in [1.29, 1.82) is 0 Å². The molecule has 1 aliphatic rings. The second-order valence-electron chi connectivity index (χ2n) is 7.21. The summed E-state index contributed by atoms with van der Waals surface area (Å²) in [5.41, 5.74) is 3.01. The Bertz CT molecular complexity index is 718. The lowest BCUT2D eigenvalue weighted by Gasteiger charge is -2.36. The van der Waals surface area contributed by atoms with Crippen molar-refractivity contribution >= 4 is 11.6 Å². The second-order valence-corrected chi connectivity index (χ2v) is 7.21. The molecular weight excluding hydrogens is 314 g/mol. The SMILES string of the molecule is Cc1ccn2cc(CNC(=O)CC[C@H](C)N3CCN(C)CC3)nc2c1. The van der Waals surface area contributed by atoms with Crippen LogP contribution in [-0.4, -0.2) is 64.4 Å². The summed E-state index contributed by atoms with van der Waals surface area (Å²) < 4.78 is 1.99. The topological polar surface area (TPSA) is 52.9 Å². The van der Waals surface area contributed by atoms with Crippen LogP contribution < -0.4 is 5.32 Å². The van der Waals surface area contributed by atoms with E-state index in [-0.39, 0.29) is 5.91 Å². The summed E-state index contributed by atoms with van der Waals surface area (Å²) in [7, 11) is 2.16. The fourth-order valence-corrected chi connectivity index (χ4v) is 3.28. The molecule has 0 spiro atoms. The lowest BCUT2D eigenvalue weighted by atomic mass is 10.1. The number of rotatable bonds is 6. The zero-order valence-electron chi connectivity index (χ0n) is 15.5. The minimum absolute atomic E-state index is 0.106. The highest BCUT2D eigenvalue weighted by Crippen LogP contribution is 2.11. The van der Waals surface area contributed by atoms with Crippen molar-refractivity contribution < 1.29 is 4.79 Å². The maximum atomic E-state index is 12.2. The Kier molecular flexibility index (Phi) is 5.71. The number of aromatic nitrogens is 2. The van der Waals surface area contributed by atoms with Gasteiger partial charge in [-0.25, -0.2) is 4.98 Å². The quantitative estimate of drug-likeness (QED) is 0.867. The lowest BCUT2D eigenvalue weighted by molar-refractivity contribution is -0.121. The third kappa shape index (κ3) is 4.80. The Labute approximate surface area is 149 Å². The predicted molar refractivity (Wildman–Crippen MR) is 99.5 cm³/mol. The van der Waals surface area contributed by atoms with Crippen LogP contribution in [-0.2, 0) is 11.3 Å². The molecule has 136 valence electrons. The molecule has 2 aromatic rings. The number of aryl methyl sites for hydroxylation is 1. The minimum Gasteiger partial charge on any atom is -0.350 e. The third-order valence-electron chi connectivity index (χ3n) is 5.08. The smallest absolute Gasteiger partial charge is 0.220 e. The van der Waals surface area contributed by atoms with E-state index >= 15 is 0 Å². The highest BCUT2D eigenvalue weighted by molar-refractivity contribution is 5.75. The summed E-state index contributed by atoms with van der Waals surface area (Å²) in [6.45, 7) is 9.19. The van der Waals surface area contributed by atoms with Gasteiger partial charge in [0.1, 0.15) is 5.65 Å². The van der Waals surface area contributed by atoms with Crippen LogP contribution in [0.2, 0.25) is 0 Å². The summed E-state index contributed by atoms with van der Waals surface area (Å²) in [6.07, 6.45) is 5.45. The van der Waals surface area contributed by atoms with Crippen molar-refractivity contribution in [2.45, 2.75) is 39.3 Å². The van der Waals surface area contributed by atoms with Gasteiger partial charge in [-0.15, -0.1) is 0 Å². The van der Waals surface area contributed by atoms with Crippen LogP contribution >= 0.6 is 0 Å². The zero-order valence-corrected chi connectivity index (χ0v) is 15.5. The van der Waals surface area contributed by atoms with E-state index in [1.807, 2.05) is 22.9 Å². The molecular formula is C19H29N5O. The standard InChI is InChI=1S/C19H29N5O/c1-15-6-7-24-14-17(21-18(24)12-15)13-20-19(25)5-4-16(2)23-10-8-22(3)9-11-23/h6-7,12,14,16H,4-5,8-11,13H2,1-3H3,(H,20,25)/t16-/m0/s1. The van der Waals surface area contributed by atoms with Gasteiger partial charge in [-0.2, -0.15) is 0 Å². The first-order valence-corrected chi connectivity index (χ1v) is 9.15. The summed E-state index contributed by atoms with van der Waals surface area (Å²) in [4.78, 5) is 21.5. The van der Waals surface area contributed by atoms with Gasteiger partial charge in [0.2, 0.25) is 5.91 Å². The molecule has 1 atom stereocenters. The second kappa shape index (κ2) is 7.97.